The summed E-state index contributed by atoms with van der Waals surface area (Å²) < 4.78 is 16.3. The van der Waals surface area contributed by atoms with Gasteiger partial charge in [-0.25, -0.2) is 4.79 Å². The van der Waals surface area contributed by atoms with Gasteiger partial charge in [0, 0.05) is 29.1 Å². The summed E-state index contributed by atoms with van der Waals surface area (Å²) in [5.41, 5.74) is 2.46. The Morgan fingerprint density at radius 3 is 2.93 bits per heavy atom. The SMILES string of the molecule is O=C(OCc1cc(Cl)cc2c1OCOC2)c1ccccc1N1CCCC1=O. The maximum Gasteiger partial charge on any atom is 0.340 e. The van der Waals surface area contributed by atoms with Gasteiger partial charge in [-0.15, -0.1) is 0 Å². The first-order chi connectivity index (χ1) is 13.1. The van der Waals surface area contributed by atoms with Crippen molar-refractivity contribution in [3.63, 3.8) is 0 Å². The Hall–Kier alpha value is -2.57. The highest BCUT2D eigenvalue weighted by molar-refractivity contribution is 6.30. The van der Waals surface area contributed by atoms with Gasteiger partial charge in [-0.2, -0.15) is 0 Å². The van der Waals surface area contributed by atoms with Crippen LogP contribution in [0.3, 0.4) is 0 Å². The van der Waals surface area contributed by atoms with Gasteiger partial charge in [-0.3, -0.25) is 4.79 Å². The molecule has 0 bridgehead atoms. The minimum atomic E-state index is -0.494. The van der Waals surface area contributed by atoms with Crippen LogP contribution in [-0.2, 0) is 27.5 Å². The lowest BCUT2D eigenvalue weighted by Crippen LogP contribution is -2.26. The molecule has 2 aromatic rings. The summed E-state index contributed by atoms with van der Waals surface area (Å²) in [6.45, 7) is 1.18. The lowest BCUT2D eigenvalue weighted by molar-refractivity contribution is -0.117. The Labute approximate surface area is 161 Å². The first-order valence-electron chi connectivity index (χ1n) is 8.72. The predicted molar refractivity (Wildman–Crippen MR) is 98.9 cm³/mol. The maximum absolute atomic E-state index is 12.7. The molecule has 1 fully saturated rings. The molecule has 0 saturated carbocycles. The van der Waals surface area contributed by atoms with Crippen LogP contribution in [0.15, 0.2) is 36.4 Å². The van der Waals surface area contributed by atoms with Crippen LogP contribution < -0.4 is 9.64 Å². The second-order valence-electron chi connectivity index (χ2n) is 6.41. The highest BCUT2D eigenvalue weighted by Crippen LogP contribution is 2.33. The molecule has 0 aromatic heterocycles. The molecule has 0 atom stereocenters. The van der Waals surface area contributed by atoms with Crippen molar-refractivity contribution in [1.82, 2.24) is 0 Å². The molecule has 0 radical (unpaired) electrons. The van der Waals surface area contributed by atoms with Crippen molar-refractivity contribution in [2.24, 2.45) is 0 Å². The van der Waals surface area contributed by atoms with Crippen LogP contribution in [-0.4, -0.2) is 25.2 Å². The highest BCUT2D eigenvalue weighted by Gasteiger charge is 2.26. The van der Waals surface area contributed by atoms with Crippen LogP contribution >= 0.6 is 11.6 Å². The maximum atomic E-state index is 12.7. The van der Waals surface area contributed by atoms with Gasteiger partial charge in [0.25, 0.3) is 0 Å². The Morgan fingerprint density at radius 2 is 2.11 bits per heavy atom. The van der Waals surface area contributed by atoms with Gasteiger partial charge in [-0.05, 0) is 30.7 Å². The number of benzene rings is 2. The van der Waals surface area contributed by atoms with Gasteiger partial charge in [0.05, 0.1) is 17.9 Å². The number of fused-ring (bicyclic) bond motifs is 1. The fourth-order valence-corrected chi connectivity index (χ4v) is 3.63. The van der Waals surface area contributed by atoms with Crippen molar-refractivity contribution in [2.75, 3.05) is 18.2 Å². The number of esters is 1. The molecule has 0 unspecified atom stereocenters. The van der Waals surface area contributed by atoms with E-state index in [1.165, 1.54) is 0 Å². The van der Waals surface area contributed by atoms with E-state index >= 15 is 0 Å². The van der Waals surface area contributed by atoms with E-state index in [0.29, 0.717) is 47.2 Å². The molecule has 2 aromatic carbocycles. The molecule has 7 heteroatoms. The van der Waals surface area contributed by atoms with Crippen molar-refractivity contribution in [3.8, 4) is 5.75 Å². The zero-order chi connectivity index (χ0) is 18.8. The third kappa shape index (κ3) is 3.63. The van der Waals surface area contributed by atoms with Crippen molar-refractivity contribution >= 4 is 29.2 Å². The van der Waals surface area contributed by atoms with Crippen LogP contribution in [0.2, 0.25) is 5.02 Å². The number of anilines is 1. The van der Waals surface area contributed by atoms with Crippen molar-refractivity contribution in [3.05, 3.63) is 58.1 Å². The minimum absolute atomic E-state index is 0.0179. The number of carbonyl (C=O) groups excluding carboxylic acids is 2. The van der Waals surface area contributed by atoms with E-state index < -0.39 is 5.97 Å². The van der Waals surface area contributed by atoms with E-state index in [2.05, 4.69) is 0 Å². The summed E-state index contributed by atoms with van der Waals surface area (Å²) in [6, 6.07) is 10.5. The molecule has 0 spiro atoms. The summed E-state index contributed by atoms with van der Waals surface area (Å²) in [4.78, 5) is 26.4. The van der Waals surface area contributed by atoms with E-state index in [1.807, 2.05) is 0 Å². The van der Waals surface area contributed by atoms with Crippen LogP contribution in [0.25, 0.3) is 0 Å². The van der Waals surface area contributed by atoms with Gasteiger partial charge in [0.15, 0.2) is 6.79 Å². The monoisotopic (exact) mass is 387 g/mol. The summed E-state index contributed by atoms with van der Waals surface area (Å²) in [6.07, 6.45) is 1.29. The topological polar surface area (TPSA) is 65.1 Å². The zero-order valence-electron chi connectivity index (χ0n) is 14.6. The Bertz CT molecular complexity index is 898. The molecule has 6 nitrogen and oxygen atoms in total. The van der Waals surface area contributed by atoms with Gasteiger partial charge >= 0.3 is 5.97 Å². The van der Waals surface area contributed by atoms with Gasteiger partial charge in [-0.1, -0.05) is 23.7 Å². The summed E-state index contributed by atoms with van der Waals surface area (Å²) in [5, 5.41) is 0.525. The average molecular weight is 388 g/mol. The molecule has 4 rings (SSSR count). The lowest BCUT2D eigenvalue weighted by Gasteiger charge is -2.21. The molecule has 0 N–H and O–H groups in total. The van der Waals surface area contributed by atoms with Crippen molar-refractivity contribution in [2.45, 2.75) is 26.1 Å². The first-order valence-corrected chi connectivity index (χ1v) is 9.09. The first kappa shape index (κ1) is 17.8. The largest absolute Gasteiger partial charge is 0.467 e. The van der Waals surface area contributed by atoms with E-state index in [-0.39, 0.29) is 19.3 Å². The number of hydrogen-bond acceptors (Lipinski definition) is 5. The number of para-hydroxylation sites is 1. The normalized spacial score (nSPS) is 16.0. The lowest BCUT2D eigenvalue weighted by atomic mass is 10.1. The standard InChI is InChI=1S/C20H18ClNO5/c21-15-8-13-10-25-12-27-19(13)14(9-15)11-26-20(24)16-4-1-2-5-17(16)22-7-3-6-18(22)23/h1-2,4-5,8-9H,3,6-7,10-12H2. The number of nitrogens with zero attached hydrogens (tertiary/aromatic N) is 1. The second-order valence-corrected chi connectivity index (χ2v) is 6.84. The fraction of sp³-hybridized carbons (Fsp3) is 0.300. The number of amides is 1. The van der Waals surface area contributed by atoms with E-state index in [9.17, 15) is 9.59 Å². The summed E-state index contributed by atoms with van der Waals surface area (Å²) >= 11 is 6.15. The third-order valence-electron chi connectivity index (χ3n) is 4.60. The van der Waals surface area contributed by atoms with Gasteiger partial charge in [0.1, 0.15) is 12.4 Å². The molecule has 2 heterocycles. The number of halogens is 1. The zero-order valence-corrected chi connectivity index (χ0v) is 15.3. The minimum Gasteiger partial charge on any atom is -0.467 e. The highest BCUT2D eigenvalue weighted by atomic mass is 35.5. The smallest absolute Gasteiger partial charge is 0.340 e. The van der Waals surface area contributed by atoms with Gasteiger partial charge < -0.3 is 19.1 Å². The molecular weight excluding hydrogens is 370 g/mol. The summed E-state index contributed by atoms with van der Waals surface area (Å²) in [5.74, 6) is 0.167. The Balaban J connectivity index is 1.55. The predicted octanol–water partition coefficient (Wildman–Crippen LogP) is 3.69. The van der Waals surface area contributed by atoms with Crippen LogP contribution in [0.5, 0.6) is 5.75 Å². The van der Waals surface area contributed by atoms with Crippen molar-refractivity contribution < 1.29 is 23.8 Å². The quantitative estimate of drug-likeness (QED) is 0.748. The molecule has 2 aliphatic rings. The molecule has 2 aliphatic heterocycles. The fourth-order valence-electron chi connectivity index (χ4n) is 3.37. The molecule has 1 saturated heterocycles. The van der Waals surface area contributed by atoms with E-state index in [0.717, 1.165) is 12.0 Å². The number of carbonyl (C=O) groups is 2. The van der Waals surface area contributed by atoms with Crippen LogP contribution in [0.1, 0.15) is 34.3 Å². The number of rotatable bonds is 4. The summed E-state index contributed by atoms with van der Waals surface area (Å²) in [7, 11) is 0. The third-order valence-corrected chi connectivity index (χ3v) is 4.82. The molecule has 27 heavy (non-hydrogen) atoms. The Kier molecular flexibility index (Phi) is 5.01. The number of ether oxygens (including phenoxy) is 3. The Morgan fingerprint density at radius 1 is 1.26 bits per heavy atom. The van der Waals surface area contributed by atoms with Crippen LogP contribution in [0.4, 0.5) is 5.69 Å². The molecule has 1 amide bonds. The van der Waals surface area contributed by atoms with Crippen molar-refractivity contribution in [1.29, 1.82) is 0 Å². The second kappa shape index (κ2) is 7.58. The molecular formula is C20H18ClNO5. The van der Waals surface area contributed by atoms with E-state index in [1.54, 1.807) is 41.3 Å². The van der Waals surface area contributed by atoms with E-state index in [4.69, 9.17) is 25.8 Å². The van der Waals surface area contributed by atoms with Crippen LogP contribution in [0, 0.1) is 0 Å². The molecule has 140 valence electrons. The van der Waals surface area contributed by atoms with Gasteiger partial charge in [0.2, 0.25) is 5.91 Å². The number of hydrogen-bond donors (Lipinski definition) is 0. The average Bonchev–Trinajstić information content (AvgIpc) is 3.11. The molecule has 0 aliphatic carbocycles.